The van der Waals surface area contributed by atoms with E-state index in [1.54, 1.807) is 0 Å². The summed E-state index contributed by atoms with van der Waals surface area (Å²) < 4.78 is 0. The molecule has 0 aromatic carbocycles. The molecule has 0 radical (unpaired) electrons. The molecule has 2 rings (SSSR count). The van der Waals surface area contributed by atoms with Crippen molar-refractivity contribution in [3.63, 3.8) is 0 Å². The second-order valence-corrected chi connectivity index (χ2v) is 6.44. The van der Waals surface area contributed by atoms with Gasteiger partial charge in [0.15, 0.2) is 0 Å². The largest absolute Gasteiger partial charge is 0.261 e. The van der Waals surface area contributed by atoms with Crippen LogP contribution in [0.3, 0.4) is 0 Å². The predicted molar refractivity (Wildman–Crippen MR) is 81.4 cm³/mol. The van der Waals surface area contributed by atoms with Crippen LogP contribution in [-0.2, 0) is 6.42 Å². The Labute approximate surface area is 117 Å². The lowest BCUT2D eigenvalue weighted by Gasteiger charge is -2.26. The standard InChI is InChI=1S/C16H25NS/c1-4-12(3)13-8-9-17-14-7-5-6-11(2)10-15(18)16(13)14/h8-9,11-12,15,18H,4-7,10H2,1-3H3. The van der Waals surface area contributed by atoms with E-state index in [2.05, 4.69) is 31.8 Å². The number of pyridine rings is 1. The van der Waals surface area contributed by atoms with Crippen molar-refractivity contribution in [2.24, 2.45) is 5.92 Å². The smallest absolute Gasteiger partial charge is 0.0449 e. The van der Waals surface area contributed by atoms with Crippen LogP contribution in [0, 0.1) is 5.92 Å². The van der Waals surface area contributed by atoms with E-state index < -0.39 is 0 Å². The number of aromatic nitrogens is 1. The predicted octanol–water partition coefficient (Wildman–Crippen LogP) is 4.93. The van der Waals surface area contributed by atoms with E-state index >= 15 is 0 Å². The fraction of sp³-hybridized carbons (Fsp3) is 0.688. The average molecular weight is 263 g/mol. The summed E-state index contributed by atoms with van der Waals surface area (Å²) in [6, 6.07) is 2.21. The fourth-order valence-corrected chi connectivity index (χ4v) is 3.66. The minimum atomic E-state index is 0.369. The van der Waals surface area contributed by atoms with Crippen molar-refractivity contribution in [1.29, 1.82) is 0 Å². The van der Waals surface area contributed by atoms with Crippen LogP contribution in [0.15, 0.2) is 12.3 Å². The zero-order valence-electron chi connectivity index (χ0n) is 11.8. The molecule has 0 spiro atoms. The van der Waals surface area contributed by atoms with Crippen molar-refractivity contribution >= 4 is 12.6 Å². The Morgan fingerprint density at radius 1 is 1.50 bits per heavy atom. The molecule has 1 aliphatic rings. The van der Waals surface area contributed by atoms with Gasteiger partial charge in [0.2, 0.25) is 0 Å². The molecule has 100 valence electrons. The van der Waals surface area contributed by atoms with E-state index in [-0.39, 0.29) is 0 Å². The first-order chi connectivity index (χ1) is 8.63. The molecule has 1 aromatic rings. The van der Waals surface area contributed by atoms with Crippen molar-refractivity contribution in [2.45, 2.75) is 64.0 Å². The minimum Gasteiger partial charge on any atom is -0.261 e. The molecular weight excluding hydrogens is 238 g/mol. The summed E-state index contributed by atoms with van der Waals surface area (Å²) in [6.07, 6.45) is 8.07. The zero-order chi connectivity index (χ0) is 13.1. The molecule has 0 bridgehead atoms. The van der Waals surface area contributed by atoms with Gasteiger partial charge in [0.05, 0.1) is 0 Å². The molecule has 3 unspecified atom stereocenters. The van der Waals surface area contributed by atoms with Crippen molar-refractivity contribution in [3.05, 3.63) is 29.1 Å². The van der Waals surface area contributed by atoms with Crippen molar-refractivity contribution in [3.8, 4) is 0 Å². The third-order valence-electron chi connectivity index (χ3n) is 4.32. The van der Waals surface area contributed by atoms with Crippen LogP contribution in [0.1, 0.15) is 74.4 Å². The summed E-state index contributed by atoms with van der Waals surface area (Å²) in [4.78, 5) is 4.62. The summed E-state index contributed by atoms with van der Waals surface area (Å²) in [5.74, 6) is 1.40. The summed E-state index contributed by atoms with van der Waals surface area (Å²) >= 11 is 4.88. The SMILES string of the molecule is CCC(C)c1ccnc2c1C(S)CC(C)CCC2. The molecule has 1 aromatic heterocycles. The van der Waals surface area contributed by atoms with E-state index in [1.165, 1.54) is 42.5 Å². The monoisotopic (exact) mass is 263 g/mol. The molecule has 0 saturated carbocycles. The van der Waals surface area contributed by atoms with Crippen molar-refractivity contribution in [2.75, 3.05) is 0 Å². The molecule has 0 N–H and O–H groups in total. The maximum absolute atomic E-state index is 4.88. The summed E-state index contributed by atoms with van der Waals surface area (Å²) in [5, 5.41) is 0.369. The van der Waals surface area contributed by atoms with Gasteiger partial charge in [-0.2, -0.15) is 12.6 Å². The van der Waals surface area contributed by atoms with Gasteiger partial charge < -0.3 is 0 Å². The lowest BCUT2D eigenvalue weighted by atomic mass is 9.84. The second kappa shape index (κ2) is 6.10. The molecule has 1 nitrogen and oxygen atoms in total. The Morgan fingerprint density at radius 3 is 3.00 bits per heavy atom. The van der Waals surface area contributed by atoms with Gasteiger partial charge >= 0.3 is 0 Å². The lowest BCUT2D eigenvalue weighted by Crippen LogP contribution is -2.13. The third-order valence-corrected chi connectivity index (χ3v) is 4.79. The maximum Gasteiger partial charge on any atom is 0.0449 e. The van der Waals surface area contributed by atoms with Crippen LogP contribution in [0.2, 0.25) is 0 Å². The van der Waals surface area contributed by atoms with Gasteiger partial charge in [0.25, 0.3) is 0 Å². The van der Waals surface area contributed by atoms with Gasteiger partial charge in [0.1, 0.15) is 0 Å². The molecule has 0 saturated heterocycles. The normalized spacial score (nSPS) is 26.0. The quantitative estimate of drug-likeness (QED) is 0.747. The van der Waals surface area contributed by atoms with Crippen LogP contribution in [0.5, 0.6) is 0 Å². The third kappa shape index (κ3) is 2.90. The number of rotatable bonds is 2. The number of aryl methyl sites for hydroxylation is 1. The molecule has 2 heteroatoms. The summed E-state index contributed by atoms with van der Waals surface area (Å²) in [5.41, 5.74) is 4.23. The molecule has 1 heterocycles. The van der Waals surface area contributed by atoms with Crippen LogP contribution >= 0.6 is 12.6 Å². The van der Waals surface area contributed by atoms with Crippen molar-refractivity contribution in [1.82, 2.24) is 4.98 Å². The molecule has 0 fully saturated rings. The first kappa shape index (κ1) is 13.9. The number of hydrogen-bond donors (Lipinski definition) is 1. The Bertz CT molecular complexity index is 402. The summed E-state index contributed by atoms with van der Waals surface area (Å²) in [7, 11) is 0. The number of hydrogen-bond acceptors (Lipinski definition) is 2. The van der Waals surface area contributed by atoms with Gasteiger partial charge in [0, 0.05) is 17.1 Å². The van der Waals surface area contributed by atoms with Gasteiger partial charge in [-0.15, -0.1) is 0 Å². The first-order valence-electron chi connectivity index (χ1n) is 7.29. The summed E-state index contributed by atoms with van der Waals surface area (Å²) in [6.45, 7) is 6.93. The highest BCUT2D eigenvalue weighted by Gasteiger charge is 2.23. The highest BCUT2D eigenvalue weighted by molar-refractivity contribution is 7.80. The maximum atomic E-state index is 4.88. The first-order valence-corrected chi connectivity index (χ1v) is 7.80. The highest BCUT2D eigenvalue weighted by Crippen LogP contribution is 2.38. The highest BCUT2D eigenvalue weighted by atomic mass is 32.1. The molecule has 3 atom stereocenters. The molecule has 0 aliphatic heterocycles. The van der Waals surface area contributed by atoms with Gasteiger partial charge in [-0.05, 0) is 54.7 Å². The molecule has 18 heavy (non-hydrogen) atoms. The Hall–Kier alpha value is -0.500. The zero-order valence-corrected chi connectivity index (χ0v) is 12.7. The minimum absolute atomic E-state index is 0.369. The van der Waals surface area contributed by atoms with Crippen LogP contribution in [-0.4, -0.2) is 4.98 Å². The Kier molecular flexibility index (Phi) is 4.71. The molecule has 1 aliphatic carbocycles. The average Bonchev–Trinajstić information content (AvgIpc) is 2.35. The Morgan fingerprint density at radius 2 is 2.28 bits per heavy atom. The second-order valence-electron chi connectivity index (χ2n) is 5.82. The topological polar surface area (TPSA) is 12.9 Å². The van der Waals surface area contributed by atoms with E-state index in [4.69, 9.17) is 12.6 Å². The van der Waals surface area contributed by atoms with Crippen LogP contribution < -0.4 is 0 Å². The Balaban J connectivity index is 2.43. The van der Waals surface area contributed by atoms with E-state index in [0.29, 0.717) is 11.2 Å². The fourth-order valence-electron chi connectivity index (χ4n) is 3.00. The van der Waals surface area contributed by atoms with E-state index in [9.17, 15) is 0 Å². The van der Waals surface area contributed by atoms with Gasteiger partial charge in [-0.25, -0.2) is 0 Å². The number of thiol groups is 1. The molecular formula is C16H25NS. The van der Waals surface area contributed by atoms with Crippen molar-refractivity contribution < 1.29 is 0 Å². The van der Waals surface area contributed by atoms with E-state index in [0.717, 1.165) is 12.3 Å². The van der Waals surface area contributed by atoms with Crippen LogP contribution in [0.4, 0.5) is 0 Å². The van der Waals surface area contributed by atoms with Gasteiger partial charge in [-0.1, -0.05) is 27.2 Å². The molecule has 0 amide bonds. The van der Waals surface area contributed by atoms with E-state index in [1.807, 2.05) is 6.20 Å². The van der Waals surface area contributed by atoms with Gasteiger partial charge in [-0.3, -0.25) is 4.98 Å². The number of nitrogens with zero attached hydrogens (tertiary/aromatic N) is 1. The van der Waals surface area contributed by atoms with Crippen LogP contribution in [0.25, 0.3) is 0 Å². The number of fused-ring (bicyclic) bond motifs is 1. The lowest BCUT2D eigenvalue weighted by molar-refractivity contribution is 0.454.